The van der Waals surface area contributed by atoms with Crippen LogP contribution in [0.3, 0.4) is 0 Å². The summed E-state index contributed by atoms with van der Waals surface area (Å²) in [6, 6.07) is 2.43. The third-order valence-corrected chi connectivity index (χ3v) is 6.36. The van der Waals surface area contributed by atoms with Gasteiger partial charge in [0, 0.05) is 54.7 Å². The van der Waals surface area contributed by atoms with Gasteiger partial charge >= 0.3 is 6.03 Å². The molecule has 1 aromatic rings. The number of rotatable bonds is 4. The second-order valence-electron chi connectivity index (χ2n) is 9.76. The van der Waals surface area contributed by atoms with Crippen molar-refractivity contribution in [3.8, 4) is 0 Å². The summed E-state index contributed by atoms with van der Waals surface area (Å²) in [6.45, 7) is 13.9. The van der Waals surface area contributed by atoms with Crippen LogP contribution in [-0.4, -0.2) is 64.9 Å². The molecule has 162 valence electrons. The first kappa shape index (κ1) is 21.9. The SMILES string of the molecule is Cc1cc(C(=O)CN2CCN(C(=O)NC3CCCCC3)CC2)c(C)n1C(C)(C)C. The molecule has 2 amide bonds. The molecule has 1 N–H and O–H groups in total. The zero-order valence-corrected chi connectivity index (χ0v) is 18.9. The highest BCUT2D eigenvalue weighted by molar-refractivity contribution is 5.99. The molecule has 1 saturated heterocycles. The summed E-state index contributed by atoms with van der Waals surface area (Å²) in [4.78, 5) is 29.6. The lowest BCUT2D eigenvalue weighted by atomic mass is 9.96. The molecule has 1 aromatic heterocycles. The molecule has 2 heterocycles. The van der Waals surface area contributed by atoms with Gasteiger partial charge in [-0.2, -0.15) is 0 Å². The van der Waals surface area contributed by atoms with E-state index in [1.165, 1.54) is 19.3 Å². The Morgan fingerprint density at radius 1 is 1.03 bits per heavy atom. The molecule has 0 radical (unpaired) electrons. The summed E-state index contributed by atoms with van der Waals surface area (Å²) < 4.78 is 2.24. The first-order valence-corrected chi connectivity index (χ1v) is 11.2. The van der Waals surface area contributed by atoms with Gasteiger partial charge in [-0.1, -0.05) is 19.3 Å². The molecule has 0 spiro atoms. The van der Waals surface area contributed by atoms with Crippen molar-refractivity contribution in [2.45, 2.75) is 78.3 Å². The number of amides is 2. The Morgan fingerprint density at radius 2 is 1.66 bits per heavy atom. The maximum atomic E-state index is 13.0. The number of ketones is 1. The fraction of sp³-hybridized carbons (Fsp3) is 0.739. The molecule has 2 fully saturated rings. The number of piperazine rings is 1. The summed E-state index contributed by atoms with van der Waals surface area (Å²) in [5.74, 6) is 0.175. The van der Waals surface area contributed by atoms with E-state index in [-0.39, 0.29) is 17.4 Å². The highest BCUT2D eigenvalue weighted by atomic mass is 16.2. The highest BCUT2D eigenvalue weighted by Gasteiger charge is 2.27. The average molecular weight is 403 g/mol. The van der Waals surface area contributed by atoms with Crippen molar-refractivity contribution in [3.05, 3.63) is 23.0 Å². The molecular formula is C23H38N4O2. The van der Waals surface area contributed by atoms with Gasteiger partial charge in [0.05, 0.1) is 6.54 Å². The van der Waals surface area contributed by atoms with Crippen molar-refractivity contribution < 1.29 is 9.59 Å². The number of carbonyl (C=O) groups excluding carboxylic acids is 2. The summed E-state index contributed by atoms with van der Waals surface area (Å²) in [5.41, 5.74) is 2.97. The van der Waals surface area contributed by atoms with E-state index in [4.69, 9.17) is 0 Å². The molecule has 0 aromatic carbocycles. The normalized spacial score (nSPS) is 19.4. The molecule has 0 unspecified atom stereocenters. The first-order valence-electron chi connectivity index (χ1n) is 11.2. The molecule has 6 nitrogen and oxygen atoms in total. The Balaban J connectivity index is 1.52. The summed E-state index contributed by atoms with van der Waals surface area (Å²) in [6.07, 6.45) is 5.94. The lowest BCUT2D eigenvalue weighted by molar-refractivity contribution is 0.0875. The quantitative estimate of drug-likeness (QED) is 0.781. The average Bonchev–Trinajstić information content (AvgIpc) is 2.97. The summed E-state index contributed by atoms with van der Waals surface area (Å²) >= 11 is 0. The van der Waals surface area contributed by atoms with Crippen molar-refractivity contribution in [1.82, 2.24) is 19.7 Å². The van der Waals surface area contributed by atoms with E-state index in [2.05, 4.69) is 42.5 Å². The Bertz CT molecular complexity index is 733. The Kier molecular flexibility index (Phi) is 6.72. The van der Waals surface area contributed by atoms with E-state index in [0.29, 0.717) is 25.7 Å². The maximum Gasteiger partial charge on any atom is 0.317 e. The van der Waals surface area contributed by atoms with Crippen LogP contribution in [0, 0.1) is 13.8 Å². The molecular weight excluding hydrogens is 364 g/mol. The van der Waals surface area contributed by atoms with Crippen molar-refractivity contribution in [2.75, 3.05) is 32.7 Å². The minimum absolute atomic E-state index is 0.0377. The van der Waals surface area contributed by atoms with Crippen LogP contribution in [0.25, 0.3) is 0 Å². The highest BCUT2D eigenvalue weighted by Crippen LogP contribution is 2.25. The maximum absolute atomic E-state index is 13.0. The molecule has 1 aliphatic heterocycles. The molecule has 2 aliphatic rings. The van der Waals surface area contributed by atoms with Crippen LogP contribution in [0.4, 0.5) is 4.79 Å². The number of urea groups is 1. The van der Waals surface area contributed by atoms with Gasteiger partial charge in [0.1, 0.15) is 0 Å². The van der Waals surface area contributed by atoms with Crippen LogP contribution >= 0.6 is 0 Å². The van der Waals surface area contributed by atoms with Crippen molar-refractivity contribution in [1.29, 1.82) is 0 Å². The standard InChI is InChI=1S/C23H38N4O2/c1-17-15-20(18(2)27(17)23(3,4)5)21(28)16-25-11-13-26(14-12-25)22(29)24-19-9-7-6-8-10-19/h15,19H,6-14,16H2,1-5H3,(H,24,29). The molecule has 0 atom stereocenters. The minimum atomic E-state index is -0.0377. The van der Waals surface area contributed by atoms with Crippen molar-refractivity contribution >= 4 is 11.8 Å². The predicted molar refractivity (Wildman–Crippen MR) is 117 cm³/mol. The number of hydrogen-bond donors (Lipinski definition) is 1. The van der Waals surface area contributed by atoms with Gasteiger partial charge in [-0.05, 0) is 53.5 Å². The number of nitrogens with one attached hydrogen (secondary N) is 1. The molecule has 29 heavy (non-hydrogen) atoms. The Labute approximate surface area is 175 Å². The first-order chi connectivity index (χ1) is 13.7. The van der Waals surface area contributed by atoms with Crippen LogP contribution < -0.4 is 5.32 Å². The topological polar surface area (TPSA) is 57.6 Å². The monoisotopic (exact) mass is 402 g/mol. The van der Waals surface area contributed by atoms with Gasteiger partial charge < -0.3 is 14.8 Å². The number of aromatic nitrogens is 1. The molecule has 1 aliphatic carbocycles. The molecule has 3 rings (SSSR count). The molecule has 0 bridgehead atoms. The van der Waals surface area contributed by atoms with Gasteiger partial charge in [-0.15, -0.1) is 0 Å². The Morgan fingerprint density at radius 3 is 2.21 bits per heavy atom. The van der Waals surface area contributed by atoms with E-state index in [0.717, 1.165) is 42.9 Å². The lowest BCUT2D eigenvalue weighted by Gasteiger charge is -2.35. The predicted octanol–water partition coefficient (Wildman–Crippen LogP) is 3.70. The number of nitrogens with zero attached hydrogens (tertiary/aromatic N) is 3. The summed E-state index contributed by atoms with van der Waals surface area (Å²) in [5, 5.41) is 3.20. The number of aryl methyl sites for hydroxylation is 1. The largest absolute Gasteiger partial charge is 0.343 e. The van der Waals surface area contributed by atoms with Crippen LogP contribution in [-0.2, 0) is 5.54 Å². The van der Waals surface area contributed by atoms with Crippen molar-refractivity contribution in [3.63, 3.8) is 0 Å². The van der Waals surface area contributed by atoms with Crippen LogP contribution in [0.15, 0.2) is 6.07 Å². The zero-order chi connectivity index (χ0) is 21.2. The van der Waals surface area contributed by atoms with Gasteiger partial charge in [-0.3, -0.25) is 9.69 Å². The van der Waals surface area contributed by atoms with Crippen LogP contribution in [0.1, 0.15) is 74.6 Å². The van der Waals surface area contributed by atoms with Crippen LogP contribution in [0.5, 0.6) is 0 Å². The fourth-order valence-corrected chi connectivity index (χ4v) is 4.99. The second kappa shape index (κ2) is 8.90. The number of Topliss-reactive ketones (excluding diaryl/α,β-unsaturated/α-hetero) is 1. The second-order valence-corrected chi connectivity index (χ2v) is 9.76. The number of carbonyl (C=O) groups is 2. The number of hydrogen-bond acceptors (Lipinski definition) is 3. The van der Waals surface area contributed by atoms with E-state index in [1.807, 2.05) is 17.9 Å². The van der Waals surface area contributed by atoms with Gasteiger partial charge in [0.25, 0.3) is 0 Å². The Hall–Kier alpha value is -1.82. The van der Waals surface area contributed by atoms with E-state index < -0.39 is 0 Å². The van der Waals surface area contributed by atoms with E-state index >= 15 is 0 Å². The third-order valence-electron chi connectivity index (χ3n) is 6.36. The fourth-order valence-electron chi connectivity index (χ4n) is 4.99. The lowest BCUT2D eigenvalue weighted by Crippen LogP contribution is -2.54. The van der Waals surface area contributed by atoms with Gasteiger partial charge in [-0.25, -0.2) is 4.79 Å². The minimum Gasteiger partial charge on any atom is -0.343 e. The molecule has 1 saturated carbocycles. The third kappa shape index (κ3) is 5.21. The van der Waals surface area contributed by atoms with Gasteiger partial charge in [0.2, 0.25) is 0 Å². The van der Waals surface area contributed by atoms with Gasteiger partial charge in [0.15, 0.2) is 5.78 Å². The van der Waals surface area contributed by atoms with Crippen molar-refractivity contribution in [2.24, 2.45) is 0 Å². The smallest absolute Gasteiger partial charge is 0.317 e. The zero-order valence-electron chi connectivity index (χ0n) is 18.9. The summed E-state index contributed by atoms with van der Waals surface area (Å²) in [7, 11) is 0. The molecule has 6 heteroatoms. The van der Waals surface area contributed by atoms with E-state index in [9.17, 15) is 9.59 Å². The van der Waals surface area contributed by atoms with Crippen LogP contribution in [0.2, 0.25) is 0 Å². The van der Waals surface area contributed by atoms with E-state index in [1.54, 1.807) is 0 Å².